The SMILES string of the molecule is Cc1csc(SCC(=O)NC[C@@H](C)c2ccccc2)n1. The van der Waals surface area contributed by atoms with Gasteiger partial charge in [0.25, 0.3) is 0 Å². The highest BCUT2D eigenvalue weighted by molar-refractivity contribution is 8.01. The normalized spacial score (nSPS) is 12.1. The monoisotopic (exact) mass is 306 g/mol. The molecule has 5 heteroatoms. The van der Waals surface area contributed by atoms with Gasteiger partial charge in [-0.1, -0.05) is 49.0 Å². The average Bonchev–Trinajstić information content (AvgIpc) is 2.89. The first-order valence-corrected chi connectivity index (χ1v) is 8.38. The zero-order valence-corrected chi connectivity index (χ0v) is 13.3. The molecule has 0 bridgehead atoms. The number of thioether (sulfide) groups is 1. The van der Waals surface area contributed by atoms with Crippen molar-refractivity contribution in [1.82, 2.24) is 10.3 Å². The summed E-state index contributed by atoms with van der Waals surface area (Å²) < 4.78 is 0.953. The van der Waals surface area contributed by atoms with Crippen molar-refractivity contribution < 1.29 is 4.79 Å². The zero-order chi connectivity index (χ0) is 14.4. The first-order chi connectivity index (χ1) is 9.65. The van der Waals surface area contributed by atoms with Gasteiger partial charge in [0.05, 0.1) is 5.75 Å². The molecule has 1 aromatic carbocycles. The fraction of sp³-hybridized carbons (Fsp3) is 0.333. The third-order valence-electron chi connectivity index (χ3n) is 2.90. The Hall–Kier alpha value is -1.33. The Morgan fingerprint density at radius 2 is 2.15 bits per heavy atom. The van der Waals surface area contributed by atoms with Crippen LogP contribution in [0.5, 0.6) is 0 Å². The van der Waals surface area contributed by atoms with Crippen molar-refractivity contribution in [3.8, 4) is 0 Å². The Labute approximate surface area is 127 Å². The van der Waals surface area contributed by atoms with Crippen LogP contribution in [-0.4, -0.2) is 23.2 Å². The van der Waals surface area contributed by atoms with Gasteiger partial charge >= 0.3 is 0 Å². The summed E-state index contributed by atoms with van der Waals surface area (Å²) in [6.45, 7) is 4.75. The second kappa shape index (κ2) is 7.45. The van der Waals surface area contributed by atoms with Crippen LogP contribution in [-0.2, 0) is 4.79 Å². The second-order valence-electron chi connectivity index (χ2n) is 4.66. The summed E-state index contributed by atoms with van der Waals surface area (Å²) in [6.07, 6.45) is 0. The first kappa shape index (κ1) is 15.1. The molecule has 1 N–H and O–H groups in total. The highest BCUT2D eigenvalue weighted by atomic mass is 32.2. The smallest absolute Gasteiger partial charge is 0.230 e. The number of carbonyl (C=O) groups excluding carboxylic acids is 1. The quantitative estimate of drug-likeness (QED) is 0.831. The van der Waals surface area contributed by atoms with Gasteiger partial charge in [0.15, 0.2) is 4.34 Å². The molecule has 0 radical (unpaired) electrons. The Morgan fingerprint density at radius 3 is 2.80 bits per heavy atom. The number of nitrogens with zero attached hydrogens (tertiary/aromatic N) is 1. The lowest BCUT2D eigenvalue weighted by Crippen LogP contribution is -2.28. The van der Waals surface area contributed by atoms with E-state index in [2.05, 4.69) is 29.4 Å². The highest BCUT2D eigenvalue weighted by Crippen LogP contribution is 2.22. The van der Waals surface area contributed by atoms with Crippen LogP contribution in [0.4, 0.5) is 0 Å². The van der Waals surface area contributed by atoms with Crippen molar-refractivity contribution in [3.63, 3.8) is 0 Å². The fourth-order valence-electron chi connectivity index (χ4n) is 1.74. The number of carbonyl (C=O) groups is 1. The maximum atomic E-state index is 11.8. The number of hydrogen-bond acceptors (Lipinski definition) is 4. The summed E-state index contributed by atoms with van der Waals surface area (Å²) in [5.41, 5.74) is 2.26. The lowest BCUT2D eigenvalue weighted by Gasteiger charge is -2.12. The van der Waals surface area contributed by atoms with Crippen molar-refractivity contribution in [1.29, 1.82) is 0 Å². The number of aryl methyl sites for hydroxylation is 1. The van der Waals surface area contributed by atoms with Gasteiger partial charge in [0.1, 0.15) is 0 Å². The Morgan fingerprint density at radius 1 is 1.40 bits per heavy atom. The Bertz CT molecular complexity index is 554. The molecule has 0 aliphatic heterocycles. The molecule has 2 rings (SSSR count). The van der Waals surface area contributed by atoms with Gasteiger partial charge in [-0.15, -0.1) is 11.3 Å². The summed E-state index contributed by atoms with van der Waals surface area (Å²) in [7, 11) is 0. The average molecular weight is 306 g/mol. The van der Waals surface area contributed by atoms with E-state index in [1.165, 1.54) is 17.3 Å². The van der Waals surface area contributed by atoms with Crippen LogP contribution in [0.1, 0.15) is 24.1 Å². The molecular formula is C15H18N2OS2. The maximum absolute atomic E-state index is 11.8. The summed E-state index contributed by atoms with van der Waals surface area (Å²) in [4.78, 5) is 16.1. The number of hydrogen-bond donors (Lipinski definition) is 1. The summed E-state index contributed by atoms with van der Waals surface area (Å²) in [5, 5.41) is 4.97. The first-order valence-electron chi connectivity index (χ1n) is 6.51. The molecule has 3 nitrogen and oxygen atoms in total. The zero-order valence-electron chi connectivity index (χ0n) is 11.6. The lowest BCUT2D eigenvalue weighted by molar-refractivity contribution is -0.118. The molecule has 0 saturated heterocycles. The van der Waals surface area contributed by atoms with Crippen molar-refractivity contribution >= 4 is 29.0 Å². The molecule has 1 heterocycles. The van der Waals surface area contributed by atoms with Gasteiger partial charge in [-0.25, -0.2) is 4.98 Å². The fourth-order valence-corrected chi connectivity index (χ4v) is 3.42. The molecule has 0 saturated carbocycles. The van der Waals surface area contributed by atoms with Crippen LogP contribution < -0.4 is 5.32 Å². The Balaban J connectivity index is 1.72. The molecule has 0 aliphatic carbocycles. The second-order valence-corrected chi connectivity index (χ2v) is 6.74. The molecule has 2 aromatic rings. The van der Waals surface area contributed by atoms with Crippen LogP contribution in [0.25, 0.3) is 0 Å². The molecule has 1 atom stereocenters. The van der Waals surface area contributed by atoms with Crippen molar-refractivity contribution in [2.24, 2.45) is 0 Å². The molecule has 0 spiro atoms. The van der Waals surface area contributed by atoms with E-state index in [1.54, 1.807) is 11.3 Å². The Kier molecular flexibility index (Phi) is 5.61. The standard InChI is InChI=1S/C15H18N2OS2/c1-11(13-6-4-3-5-7-13)8-16-14(18)10-20-15-17-12(2)9-19-15/h3-7,9,11H,8,10H2,1-2H3,(H,16,18)/t11-/m1/s1. The summed E-state index contributed by atoms with van der Waals surface area (Å²) in [6, 6.07) is 10.2. The van der Waals surface area contributed by atoms with Crippen molar-refractivity contribution in [2.45, 2.75) is 24.1 Å². The predicted octanol–water partition coefficient (Wildman–Crippen LogP) is 3.46. The van der Waals surface area contributed by atoms with Gasteiger partial charge in [-0.05, 0) is 18.4 Å². The molecule has 0 aliphatic rings. The maximum Gasteiger partial charge on any atom is 0.230 e. The van der Waals surface area contributed by atoms with E-state index in [0.717, 1.165) is 10.0 Å². The van der Waals surface area contributed by atoms with Crippen molar-refractivity contribution in [3.05, 3.63) is 47.0 Å². The largest absolute Gasteiger partial charge is 0.355 e. The van der Waals surface area contributed by atoms with E-state index in [-0.39, 0.29) is 5.91 Å². The van der Waals surface area contributed by atoms with E-state index in [0.29, 0.717) is 18.2 Å². The summed E-state index contributed by atoms with van der Waals surface area (Å²) in [5.74, 6) is 0.812. The molecular weight excluding hydrogens is 288 g/mol. The number of thiazole rings is 1. The number of aromatic nitrogens is 1. The number of rotatable bonds is 6. The van der Waals surface area contributed by atoms with Gasteiger partial charge < -0.3 is 5.32 Å². The third-order valence-corrected chi connectivity index (χ3v) is 5.04. The summed E-state index contributed by atoms with van der Waals surface area (Å²) >= 11 is 3.08. The number of amides is 1. The number of nitrogens with one attached hydrogen (secondary N) is 1. The molecule has 1 amide bonds. The minimum Gasteiger partial charge on any atom is -0.355 e. The molecule has 106 valence electrons. The van der Waals surface area contributed by atoms with E-state index in [4.69, 9.17) is 0 Å². The van der Waals surface area contributed by atoms with E-state index in [1.807, 2.05) is 30.5 Å². The molecule has 20 heavy (non-hydrogen) atoms. The van der Waals surface area contributed by atoms with Crippen molar-refractivity contribution in [2.75, 3.05) is 12.3 Å². The minimum atomic E-state index is 0.0608. The minimum absolute atomic E-state index is 0.0608. The molecule has 0 fully saturated rings. The van der Waals surface area contributed by atoms with E-state index in [9.17, 15) is 4.79 Å². The van der Waals surface area contributed by atoms with Crippen LogP contribution in [0.3, 0.4) is 0 Å². The van der Waals surface area contributed by atoms with Gasteiger partial charge in [-0.2, -0.15) is 0 Å². The van der Waals surface area contributed by atoms with Crippen LogP contribution in [0, 0.1) is 6.92 Å². The third kappa shape index (κ3) is 4.65. The lowest BCUT2D eigenvalue weighted by atomic mass is 10.0. The highest BCUT2D eigenvalue weighted by Gasteiger charge is 2.09. The van der Waals surface area contributed by atoms with Gasteiger partial charge in [-0.3, -0.25) is 4.79 Å². The van der Waals surface area contributed by atoms with Gasteiger partial charge in [0, 0.05) is 17.6 Å². The van der Waals surface area contributed by atoms with E-state index < -0.39 is 0 Å². The number of benzene rings is 1. The van der Waals surface area contributed by atoms with Crippen LogP contribution in [0.15, 0.2) is 40.1 Å². The van der Waals surface area contributed by atoms with Gasteiger partial charge in [0.2, 0.25) is 5.91 Å². The molecule has 0 unspecified atom stereocenters. The predicted molar refractivity (Wildman–Crippen MR) is 85.4 cm³/mol. The topological polar surface area (TPSA) is 42.0 Å². The van der Waals surface area contributed by atoms with Crippen LogP contribution >= 0.6 is 23.1 Å². The van der Waals surface area contributed by atoms with E-state index >= 15 is 0 Å². The molecule has 1 aromatic heterocycles. The van der Waals surface area contributed by atoms with Crippen LogP contribution in [0.2, 0.25) is 0 Å².